The first kappa shape index (κ1) is 14.8. The first-order valence-electron chi connectivity index (χ1n) is 6.48. The molecule has 0 radical (unpaired) electrons. The molecule has 1 aromatic carbocycles. The van der Waals surface area contributed by atoms with Crippen LogP contribution in [0.2, 0.25) is 5.02 Å². The van der Waals surface area contributed by atoms with Gasteiger partial charge in [-0.25, -0.2) is 4.39 Å². The Morgan fingerprint density at radius 1 is 1.32 bits per heavy atom. The average molecular weight is 349 g/mol. The van der Waals surface area contributed by atoms with Crippen LogP contribution in [0, 0.1) is 5.82 Å². The standard InChI is InChI=1S/C14H16BrClFNO/c15-10-4-2-1-3-5-13(10)18-14(19)9-6-7-11(16)12(17)8-9/h6-8,10,13H,1-5H2,(H,18,19). The van der Waals surface area contributed by atoms with Gasteiger partial charge in [0.1, 0.15) is 5.82 Å². The van der Waals surface area contributed by atoms with Crippen molar-refractivity contribution < 1.29 is 9.18 Å². The average Bonchev–Trinajstić information content (AvgIpc) is 2.58. The SMILES string of the molecule is O=C(NC1CCCCCC1Br)c1ccc(Cl)c(F)c1. The molecule has 2 nitrogen and oxygen atoms in total. The Bertz CT molecular complexity index is 469. The zero-order valence-electron chi connectivity index (χ0n) is 10.5. The van der Waals surface area contributed by atoms with E-state index < -0.39 is 5.82 Å². The molecular formula is C14H16BrClFNO. The van der Waals surface area contributed by atoms with Crippen molar-refractivity contribution in [2.75, 3.05) is 0 Å². The smallest absolute Gasteiger partial charge is 0.251 e. The maximum absolute atomic E-state index is 13.3. The number of alkyl halides is 1. The first-order chi connectivity index (χ1) is 9.08. The largest absolute Gasteiger partial charge is 0.348 e. The number of hydrogen-bond donors (Lipinski definition) is 1. The lowest BCUT2D eigenvalue weighted by Gasteiger charge is -2.21. The molecule has 2 rings (SSSR count). The molecule has 1 N–H and O–H groups in total. The number of benzene rings is 1. The highest BCUT2D eigenvalue weighted by molar-refractivity contribution is 9.09. The number of rotatable bonds is 2. The van der Waals surface area contributed by atoms with Gasteiger partial charge in [0.2, 0.25) is 0 Å². The van der Waals surface area contributed by atoms with Crippen LogP contribution >= 0.6 is 27.5 Å². The molecule has 0 heterocycles. The van der Waals surface area contributed by atoms with Crippen molar-refractivity contribution in [1.82, 2.24) is 5.32 Å². The summed E-state index contributed by atoms with van der Waals surface area (Å²) in [4.78, 5) is 12.4. The second-order valence-electron chi connectivity index (χ2n) is 4.86. The maximum Gasteiger partial charge on any atom is 0.251 e. The maximum atomic E-state index is 13.3. The monoisotopic (exact) mass is 347 g/mol. The molecule has 2 atom stereocenters. The van der Waals surface area contributed by atoms with Crippen LogP contribution in [0.15, 0.2) is 18.2 Å². The summed E-state index contributed by atoms with van der Waals surface area (Å²) >= 11 is 9.23. The highest BCUT2D eigenvalue weighted by Gasteiger charge is 2.23. The van der Waals surface area contributed by atoms with Gasteiger partial charge in [-0.2, -0.15) is 0 Å². The normalized spacial score (nSPS) is 23.7. The van der Waals surface area contributed by atoms with Crippen LogP contribution in [0.5, 0.6) is 0 Å². The Balaban J connectivity index is 2.05. The van der Waals surface area contributed by atoms with Gasteiger partial charge in [0.25, 0.3) is 5.91 Å². The predicted octanol–water partition coefficient (Wildman–Crippen LogP) is 4.31. The van der Waals surface area contributed by atoms with Gasteiger partial charge >= 0.3 is 0 Å². The summed E-state index contributed by atoms with van der Waals surface area (Å²) in [6.07, 6.45) is 5.50. The van der Waals surface area contributed by atoms with Crippen molar-refractivity contribution in [1.29, 1.82) is 0 Å². The molecule has 5 heteroatoms. The van der Waals surface area contributed by atoms with Crippen LogP contribution in [-0.4, -0.2) is 16.8 Å². The van der Waals surface area contributed by atoms with Crippen LogP contribution in [0.4, 0.5) is 4.39 Å². The Hall–Kier alpha value is -0.610. The summed E-state index contributed by atoms with van der Waals surface area (Å²) in [5, 5.41) is 3.01. The molecule has 0 spiro atoms. The lowest BCUT2D eigenvalue weighted by molar-refractivity contribution is 0.0934. The first-order valence-corrected chi connectivity index (χ1v) is 7.77. The molecule has 1 aliphatic carbocycles. The third kappa shape index (κ3) is 3.93. The highest BCUT2D eigenvalue weighted by Crippen LogP contribution is 2.24. The van der Waals surface area contributed by atoms with E-state index in [2.05, 4.69) is 21.2 Å². The topological polar surface area (TPSA) is 29.1 Å². The van der Waals surface area contributed by atoms with Crippen LogP contribution in [0.25, 0.3) is 0 Å². The Labute approximate surface area is 125 Å². The summed E-state index contributed by atoms with van der Waals surface area (Å²) in [5.74, 6) is -0.808. The number of amides is 1. The summed E-state index contributed by atoms with van der Waals surface area (Å²) in [6.45, 7) is 0. The van der Waals surface area contributed by atoms with Crippen molar-refractivity contribution in [3.05, 3.63) is 34.6 Å². The fraction of sp³-hybridized carbons (Fsp3) is 0.500. The minimum Gasteiger partial charge on any atom is -0.348 e. The molecule has 1 fully saturated rings. The Morgan fingerprint density at radius 3 is 2.79 bits per heavy atom. The summed E-state index contributed by atoms with van der Waals surface area (Å²) < 4.78 is 13.3. The number of hydrogen-bond acceptors (Lipinski definition) is 1. The second-order valence-corrected chi connectivity index (χ2v) is 6.45. The minimum atomic E-state index is -0.564. The van der Waals surface area contributed by atoms with Crippen LogP contribution in [0.3, 0.4) is 0 Å². The third-order valence-corrected chi connectivity index (χ3v) is 4.83. The van der Waals surface area contributed by atoms with Gasteiger partial charge in [0, 0.05) is 16.4 Å². The van der Waals surface area contributed by atoms with Gasteiger partial charge in [-0.15, -0.1) is 0 Å². The summed E-state index contributed by atoms with van der Waals surface area (Å²) in [7, 11) is 0. The van der Waals surface area contributed by atoms with E-state index in [0.29, 0.717) is 5.56 Å². The number of carbonyl (C=O) groups is 1. The number of halogens is 3. The predicted molar refractivity (Wildman–Crippen MR) is 78.5 cm³/mol. The second kappa shape index (κ2) is 6.71. The lowest BCUT2D eigenvalue weighted by Crippen LogP contribution is -2.40. The molecule has 0 saturated heterocycles. The minimum absolute atomic E-state index is 0.0318. The van der Waals surface area contributed by atoms with E-state index in [9.17, 15) is 9.18 Å². The van der Waals surface area contributed by atoms with E-state index in [1.165, 1.54) is 25.0 Å². The van der Waals surface area contributed by atoms with E-state index in [1.807, 2.05) is 0 Å². The molecule has 19 heavy (non-hydrogen) atoms. The Kier molecular flexibility index (Phi) is 5.22. The molecule has 104 valence electrons. The quantitative estimate of drug-likeness (QED) is 0.626. The number of nitrogens with one attached hydrogen (secondary N) is 1. The fourth-order valence-electron chi connectivity index (χ4n) is 2.31. The Morgan fingerprint density at radius 2 is 2.05 bits per heavy atom. The van der Waals surface area contributed by atoms with Crippen molar-refractivity contribution >= 4 is 33.4 Å². The number of carbonyl (C=O) groups excluding carboxylic acids is 1. The molecule has 1 amide bonds. The molecule has 0 bridgehead atoms. The van der Waals surface area contributed by atoms with E-state index >= 15 is 0 Å². The molecule has 0 aliphatic heterocycles. The van der Waals surface area contributed by atoms with Gasteiger partial charge in [-0.05, 0) is 31.0 Å². The van der Waals surface area contributed by atoms with E-state index in [-0.39, 0.29) is 21.8 Å². The fourth-order valence-corrected chi connectivity index (χ4v) is 3.15. The van der Waals surface area contributed by atoms with Crippen molar-refractivity contribution in [2.24, 2.45) is 0 Å². The summed E-state index contributed by atoms with van der Waals surface area (Å²) in [5.41, 5.74) is 0.311. The molecule has 1 aromatic rings. The van der Waals surface area contributed by atoms with Crippen molar-refractivity contribution in [3.8, 4) is 0 Å². The van der Waals surface area contributed by atoms with Gasteiger partial charge in [0.05, 0.1) is 5.02 Å². The van der Waals surface area contributed by atoms with Gasteiger partial charge in [-0.1, -0.05) is 46.8 Å². The molecule has 0 aromatic heterocycles. The van der Waals surface area contributed by atoms with E-state index in [1.54, 1.807) is 6.07 Å². The van der Waals surface area contributed by atoms with Gasteiger partial charge in [0.15, 0.2) is 0 Å². The van der Waals surface area contributed by atoms with Crippen LogP contribution in [-0.2, 0) is 0 Å². The summed E-state index contributed by atoms with van der Waals surface area (Å²) in [6, 6.07) is 4.23. The van der Waals surface area contributed by atoms with Crippen molar-refractivity contribution in [3.63, 3.8) is 0 Å². The zero-order chi connectivity index (χ0) is 13.8. The highest BCUT2D eigenvalue weighted by atomic mass is 79.9. The van der Waals surface area contributed by atoms with Crippen LogP contribution < -0.4 is 5.32 Å². The van der Waals surface area contributed by atoms with Gasteiger partial charge < -0.3 is 5.32 Å². The van der Waals surface area contributed by atoms with Crippen LogP contribution in [0.1, 0.15) is 42.5 Å². The molecule has 1 saturated carbocycles. The third-order valence-electron chi connectivity index (χ3n) is 3.43. The van der Waals surface area contributed by atoms with E-state index in [0.717, 1.165) is 19.3 Å². The molecule has 1 aliphatic rings. The molecule has 2 unspecified atom stereocenters. The van der Waals surface area contributed by atoms with E-state index in [4.69, 9.17) is 11.6 Å². The molecular weight excluding hydrogens is 333 g/mol. The lowest BCUT2D eigenvalue weighted by atomic mass is 10.1. The van der Waals surface area contributed by atoms with Gasteiger partial charge in [-0.3, -0.25) is 4.79 Å². The van der Waals surface area contributed by atoms with Crippen molar-refractivity contribution in [2.45, 2.75) is 43.0 Å². The zero-order valence-corrected chi connectivity index (χ0v) is 12.8.